The summed E-state index contributed by atoms with van der Waals surface area (Å²) in [5.41, 5.74) is 2.42. The molecule has 3 heterocycles. The molecule has 0 atom stereocenters. The predicted octanol–water partition coefficient (Wildman–Crippen LogP) is 2.14. The Kier molecular flexibility index (Phi) is 2.68. The van der Waals surface area contributed by atoms with E-state index in [0.29, 0.717) is 11.3 Å². The summed E-state index contributed by atoms with van der Waals surface area (Å²) in [7, 11) is 0. The molecule has 0 radical (unpaired) electrons. The van der Waals surface area contributed by atoms with Crippen LogP contribution in [0.4, 0.5) is 0 Å². The van der Waals surface area contributed by atoms with E-state index in [0.717, 1.165) is 11.4 Å². The summed E-state index contributed by atoms with van der Waals surface area (Å²) >= 11 is 0. The van der Waals surface area contributed by atoms with E-state index in [2.05, 4.69) is 11.6 Å². The van der Waals surface area contributed by atoms with Gasteiger partial charge in [0.1, 0.15) is 0 Å². The van der Waals surface area contributed by atoms with Gasteiger partial charge in [-0.15, -0.1) is 0 Å². The van der Waals surface area contributed by atoms with Gasteiger partial charge in [-0.25, -0.2) is 4.98 Å². The molecule has 5 heteroatoms. The van der Waals surface area contributed by atoms with Gasteiger partial charge in [0, 0.05) is 24.5 Å². The van der Waals surface area contributed by atoms with Crippen molar-refractivity contribution in [3.8, 4) is 11.4 Å². The minimum Gasteiger partial charge on any atom is -0.504 e. The van der Waals surface area contributed by atoms with Crippen LogP contribution in [-0.2, 0) is 0 Å². The molecule has 20 heavy (non-hydrogen) atoms. The Bertz CT molecular complexity index is 874. The smallest absolute Gasteiger partial charge is 0.255 e. The van der Waals surface area contributed by atoms with Gasteiger partial charge < -0.3 is 5.11 Å². The molecule has 0 amide bonds. The fourth-order valence-electron chi connectivity index (χ4n) is 2.26. The fourth-order valence-corrected chi connectivity index (χ4v) is 2.26. The van der Waals surface area contributed by atoms with E-state index in [-0.39, 0.29) is 11.3 Å². The molecule has 1 N–H and O–H groups in total. The SMILES string of the molecule is C=Cc1c(C)nc2c(O)cc(-n3ccccc3=O)cn12. The van der Waals surface area contributed by atoms with Crippen molar-refractivity contribution in [1.29, 1.82) is 0 Å². The van der Waals surface area contributed by atoms with Crippen molar-refractivity contribution >= 4 is 11.7 Å². The third kappa shape index (κ3) is 1.72. The van der Waals surface area contributed by atoms with Gasteiger partial charge in [-0.05, 0) is 19.1 Å². The lowest BCUT2D eigenvalue weighted by Gasteiger charge is -2.08. The van der Waals surface area contributed by atoms with Crippen LogP contribution in [0.15, 0.2) is 48.0 Å². The Morgan fingerprint density at radius 1 is 1.40 bits per heavy atom. The van der Waals surface area contributed by atoms with Gasteiger partial charge in [0.25, 0.3) is 5.56 Å². The molecular weight excluding hydrogens is 254 g/mol. The van der Waals surface area contributed by atoms with Gasteiger partial charge >= 0.3 is 0 Å². The zero-order valence-electron chi connectivity index (χ0n) is 10.9. The van der Waals surface area contributed by atoms with E-state index in [9.17, 15) is 9.90 Å². The first-order valence-electron chi connectivity index (χ1n) is 6.14. The molecule has 0 saturated heterocycles. The van der Waals surface area contributed by atoms with Crippen LogP contribution in [0.5, 0.6) is 5.75 Å². The highest BCUT2D eigenvalue weighted by molar-refractivity contribution is 5.63. The molecule has 3 aromatic heterocycles. The summed E-state index contributed by atoms with van der Waals surface area (Å²) in [4.78, 5) is 16.2. The molecule has 0 aromatic carbocycles. The molecular formula is C15H13N3O2. The molecule has 100 valence electrons. The van der Waals surface area contributed by atoms with Gasteiger partial charge in [-0.2, -0.15) is 0 Å². The Morgan fingerprint density at radius 3 is 2.90 bits per heavy atom. The van der Waals surface area contributed by atoms with Gasteiger partial charge in [0.2, 0.25) is 0 Å². The summed E-state index contributed by atoms with van der Waals surface area (Å²) in [6.07, 6.45) is 5.08. The van der Waals surface area contributed by atoms with Crippen LogP contribution in [0.3, 0.4) is 0 Å². The number of aromatic nitrogens is 3. The monoisotopic (exact) mass is 267 g/mol. The molecule has 0 aliphatic rings. The molecule has 0 saturated carbocycles. The number of aryl methyl sites for hydroxylation is 1. The number of hydrogen-bond donors (Lipinski definition) is 1. The molecule has 0 aliphatic heterocycles. The lowest BCUT2D eigenvalue weighted by molar-refractivity contribution is 0.477. The summed E-state index contributed by atoms with van der Waals surface area (Å²) in [6.45, 7) is 5.60. The number of rotatable bonds is 2. The number of hydrogen-bond acceptors (Lipinski definition) is 3. The Morgan fingerprint density at radius 2 is 2.20 bits per heavy atom. The van der Waals surface area contributed by atoms with Crippen molar-refractivity contribution in [2.45, 2.75) is 6.92 Å². The summed E-state index contributed by atoms with van der Waals surface area (Å²) in [5, 5.41) is 10.1. The highest BCUT2D eigenvalue weighted by Crippen LogP contribution is 2.24. The minimum absolute atomic E-state index is 0.0226. The van der Waals surface area contributed by atoms with Crippen molar-refractivity contribution in [3.63, 3.8) is 0 Å². The first-order chi connectivity index (χ1) is 9.61. The number of nitrogens with zero attached hydrogens (tertiary/aromatic N) is 3. The summed E-state index contributed by atoms with van der Waals surface area (Å²) < 4.78 is 3.19. The molecule has 0 aliphatic carbocycles. The second kappa shape index (κ2) is 4.38. The standard InChI is InChI=1S/C15H13N3O2/c1-3-12-10(2)16-15-13(19)8-11(9-18(12)15)17-7-5-4-6-14(17)20/h3-9,19H,1H2,2H3. The second-order valence-electron chi connectivity index (χ2n) is 4.47. The Labute approximate surface area is 115 Å². The van der Waals surface area contributed by atoms with Crippen LogP contribution in [0, 0.1) is 6.92 Å². The molecule has 3 aromatic rings. The molecule has 0 bridgehead atoms. The van der Waals surface area contributed by atoms with Crippen LogP contribution in [0.2, 0.25) is 0 Å². The maximum Gasteiger partial charge on any atom is 0.255 e. The van der Waals surface area contributed by atoms with Crippen molar-refractivity contribution in [1.82, 2.24) is 14.0 Å². The quantitative estimate of drug-likeness (QED) is 0.774. The van der Waals surface area contributed by atoms with E-state index >= 15 is 0 Å². The fraction of sp³-hybridized carbons (Fsp3) is 0.0667. The number of fused-ring (bicyclic) bond motifs is 1. The molecule has 3 rings (SSSR count). The molecule has 5 nitrogen and oxygen atoms in total. The van der Waals surface area contributed by atoms with Crippen molar-refractivity contribution < 1.29 is 5.11 Å². The van der Waals surface area contributed by atoms with Crippen molar-refractivity contribution in [2.24, 2.45) is 0 Å². The molecule has 0 fully saturated rings. The Hall–Kier alpha value is -2.82. The first kappa shape index (κ1) is 12.2. The maximum absolute atomic E-state index is 11.9. The highest BCUT2D eigenvalue weighted by atomic mass is 16.3. The van der Waals surface area contributed by atoms with E-state index in [1.54, 1.807) is 35.0 Å². The average molecular weight is 267 g/mol. The van der Waals surface area contributed by atoms with E-state index in [4.69, 9.17) is 0 Å². The third-order valence-electron chi connectivity index (χ3n) is 3.20. The number of imidazole rings is 1. The molecule has 0 unspecified atom stereocenters. The topological polar surface area (TPSA) is 59.5 Å². The van der Waals surface area contributed by atoms with Crippen molar-refractivity contribution in [3.05, 3.63) is 65.0 Å². The van der Waals surface area contributed by atoms with Crippen LogP contribution in [0.25, 0.3) is 17.4 Å². The summed E-state index contributed by atoms with van der Waals surface area (Å²) in [6, 6.07) is 6.43. The van der Waals surface area contributed by atoms with Gasteiger partial charge in [-0.3, -0.25) is 13.8 Å². The van der Waals surface area contributed by atoms with E-state index in [1.165, 1.54) is 16.7 Å². The van der Waals surface area contributed by atoms with Gasteiger partial charge in [0.15, 0.2) is 11.4 Å². The zero-order chi connectivity index (χ0) is 14.3. The van der Waals surface area contributed by atoms with Crippen LogP contribution >= 0.6 is 0 Å². The second-order valence-corrected chi connectivity index (χ2v) is 4.47. The van der Waals surface area contributed by atoms with Crippen LogP contribution in [-0.4, -0.2) is 19.1 Å². The van der Waals surface area contributed by atoms with Gasteiger partial charge in [-0.1, -0.05) is 12.6 Å². The van der Waals surface area contributed by atoms with Gasteiger partial charge in [0.05, 0.1) is 17.1 Å². The van der Waals surface area contributed by atoms with E-state index < -0.39 is 0 Å². The summed E-state index contributed by atoms with van der Waals surface area (Å²) in [5.74, 6) is 0.0226. The number of pyridine rings is 2. The van der Waals surface area contributed by atoms with E-state index in [1.807, 2.05) is 6.92 Å². The lowest BCUT2D eigenvalue weighted by atomic mass is 10.3. The predicted molar refractivity (Wildman–Crippen MR) is 77.3 cm³/mol. The minimum atomic E-state index is -0.164. The molecule has 0 spiro atoms. The average Bonchev–Trinajstić information content (AvgIpc) is 2.75. The highest BCUT2D eigenvalue weighted by Gasteiger charge is 2.12. The lowest BCUT2D eigenvalue weighted by Crippen LogP contribution is -2.16. The van der Waals surface area contributed by atoms with Crippen LogP contribution in [0.1, 0.15) is 11.4 Å². The Balaban J connectivity index is 2.37. The van der Waals surface area contributed by atoms with Crippen LogP contribution < -0.4 is 5.56 Å². The number of aromatic hydroxyl groups is 1. The largest absolute Gasteiger partial charge is 0.504 e. The first-order valence-corrected chi connectivity index (χ1v) is 6.14. The maximum atomic E-state index is 11.9. The normalized spacial score (nSPS) is 10.8. The zero-order valence-corrected chi connectivity index (χ0v) is 10.9. The van der Waals surface area contributed by atoms with Crippen molar-refractivity contribution in [2.75, 3.05) is 0 Å². The third-order valence-corrected chi connectivity index (χ3v) is 3.20.